The van der Waals surface area contributed by atoms with Gasteiger partial charge >= 0.3 is 0 Å². The van der Waals surface area contributed by atoms with Crippen molar-refractivity contribution in [1.29, 1.82) is 0 Å². The van der Waals surface area contributed by atoms with E-state index in [1.54, 1.807) is 30.3 Å². The SMILES string of the molecule is CC(C)(C)C(=O)c1ccc(O)cc1.CC(C)(C)C(=O)c1cccc(C(N)=O)c1. The average Bonchev–Trinajstić information content (AvgIpc) is 2.60. The Bertz CT molecular complexity index is 853. The highest BCUT2D eigenvalue weighted by Crippen LogP contribution is 2.22. The summed E-state index contributed by atoms with van der Waals surface area (Å²) in [6, 6.07) is 12.8. The Labute approximate surface area is 166 Å². The van der Waals surface area contributed by atoms with Crippen LogP contribution in [0.2, 0.25) is 0 Å². The number of ketones is 2. The maximum Gasteiger partial charge on any atom is 0.248 e. The van der Waals surface area contributed by atoms with Crippen LogP contribution < -0.4 is 5.73 Å². The average molecular weight is 383 g/mol. The lowest BCUT2D eigenvalue weighted by molar-refractivity contribution is 0.0852. The molecule has 0 heterocycles. The second kappa shape index (κ2) is 8.83. The van der Waals surface area contributed by atoms with E-state index >= 15 is 0 Å². The minimum Gasteiger partial charge on any atom is -0.508 e. The lowest BCUT2D eigenvalue weighted by Gasteiger charge is -2.16. The molecule has 0 bridgehead atoms. The predicted molar refractivity (Wildman–Crippen MR) is 111 cm³/mol. The number of hydrogen-bond donors (Lipinski definition) is 2. The van der Waals surface area contributed by atoms with Crippen LogP contribution in [0, 0.1) is 10.8 Å². The highest BCUT2D eigenvalue weighted by molar-refractivity contribution is 6.02. The molecule has 0 aromatic heterocycles. The Morgan fingerprint density at radius 1 is 0.714 bits per heavy atom. The van der Waals surface area contributed by atoms with Gasteiger partial charge in [-0.05, 0) is 36.4 Å². The number of aromatic hydroxyl groups is 1. The molecule has 28 heavy (non-hydrogen) atoms. The van der Waals surface area contributed by atoms with Crippen LogP contribution in [-0.4, -0.2) is 22.6 Å². The highest BCUT2D eigenvalue weighted by Gasteiger charge is 2.23. The summed E-state index contributed by atoms with van der Waals surface area (Å²) in [5.41, 5.74) is 5.87. The van der Waals surface area contributed by atoms with Crippen molar-refractivity contribution < 1.29 is 19.5 Å². The Balaban J connectivity index is 0.000000283. The zero-order chi connectivity index (χ0) is 21.7. The molecule has 0 saturated heterocycles. The fraction of sp³-hybridized carbons (Fsp3) is 0.348. The van der Waals surface area contributed by atoms with Crippen LogP contribution >= 0.6 is 0 Å². The number of primary amides is 1. The van der Waals surface area contributed by atoms with Gasteiger partial charge in [0.1, 0.15) is 5.75 Å². The molecule has 0 aliphatic rings. The van der Waals surface area contributed by atoms with Gasteiger partial charge in [0.2, 0.25) is 5.91 Å². The molecule has 0 aliphatic heterocycles. The van der Waals surface area contributed by atoms with Crippen molar-refractivity contribution in [3.05, 3.63) is 65.2 Å². The van der Waals surface area contributed by atoms with Gasteiger partial charge in [0.05, 0.1) is 0 Å². The predicted octanol–water partition coefficient (Wildman–Crippen LogP) is 4.64. The number of amides is 1. The minimum absolute atomic E-state index is 0.00519. The summed E-state index contributed by atoms with van der Waals surface area (Å²) in [5.74, 6) is -0.234. The molecule has 0 aliphatic carbocycles. The van der Waals surface area contributed by atoms with Crippen LogP contribution in [0.4, 0.5) is 0 Å². The molecule has 0 fully saturated rings. The third-order valence-corrected chi connectivity index (χ3v) is 3.90. The van der Waals surface area contributed by atoms with E-state index in [1.807, 2.05) is 41.5 Å². The molecule has 1 amide bonds. The summed E-state index contributed by atoms with van der Waals surface area (Å²) in [4.78, 5) is 34.5. The number of carbonyl (C=O) groups is 3. The number of Topliss-reactive ketones (excluding diaryl/α,β-unsaturated/α-hetero) is 2. The molecule has 150 valence electrons. The molecule has 0 saturated carbocycles. The lowest BCUT2D eigenvalue weighted by atomic mass is 9.86. The molecular formula is C23H29NO4. The van der Waals surface area contributed by atoms with E-state index in [0.29, 0.717) is 16.7 Å². The Hall–Kier alpha value is -2.95. The van der Waals surface area contributed by atoms with Crippen LogP contribution in [0.5, 0.6) is 5.75 Å². The molecule has 0 unspecified atom stereocenters. The van der Waals surface area contributed by atoms with E-state index in [1.165, 1.54) is 18.2 Å². The number of phenols is 1. The van der Waals surface area contributed by atoms with Gasteiger partial charge in [-0.25, -0.2) is 0 Å². The zero-order valence-electron chi connectivity index (χ0n) is 17.4. The lowest BCUT2D eigenvalue weighted by Crippen LogP contribution is -2.21. The first kappa shape index (κ1) is 23.1. The van der Waals surface area contributed by atoms with Gasteiger partial charge in [0.15, 0.2) is 11.6 Å². The van der Waals surface area contributed by atoms with Crippen molar-refractivity contribution in [3.63, 3.8) is 0 Å². The van der Waals surface area contributed by atoms with E-state index in [9.17, 15) is 14.4 Å². The third-order valence-electron chi connectivity index (χ3n) is 3.90. The highest BCUT2D eigenvalue weighted by atomic mass is 16.3. The fourth-order valence-electron chi connectivity index (χ4n) is 2.29. The molecule has 5 heteroatoms. The minimum atomic E-state index is -0.515. The standard InChI is InChI=1S/C12H15NO2.C11H14O2/c1-12(2,3)10(14)8-5-4-6-9(7-8)11(13)15;1-11(2,3)10(13)8-4-6-9(12)7-5-8/h4-7H,1-3H3,(H2,13,15);4-7,12H,1-3H3. The van der Waals surface area contributed by atoms with Crippen molar-refractivity contribution in [2.45, 2.75) is 41.5 Å². The van der Waals surface area contributed by atoms with E-state index in [-0.39, 0.29) is 22.7 Å². The molecule has 2 rings (SSSR count). The Morgan fingerprint density at radius 3 is 1.57 bits per heavy atom. The number of carbonyl (C=O) groups excluding carboxylic acids is 3. The number of phenolic OH excluding ortho intramolecular Hbond substituents is 1. The van der Waals surface area contributed by atoms with Gasteiger partial charge < -0.3 is 10.8 Å². The summed E-state index contributed by atoms with van der Waals surface area (Å²) < 4.78 is 0. The molecule has 5 nitrogen and oxygen atoms in total. The van der Waals surface area contributed by atoms with E-state index in [0.717, 1.165) is 0 Å². The third kappa shape index (κ3) is 6.65. The molecule has 0 spiro atoms. The summed E-state index contributed by atoms with van der Waals surface area (Å²) in [7, 11) is 0. The van der Waals surface area contributed by atoms with Crippen LogP contribution in [0.15, 0.2) is 48.5 Å². The molecule has 2 aromatic carbocycles. The summed E-state index contributed by atoms with van der Waals surface area (Å²) in [6.07, 6.45) is 0. The maximum atomic E-state index is 11.9. The molecule has 0 radical (unpaired) electrons. The van der Waals surface area contributed by atoms with Crippen molar-refractivity contribution in [2.24, 2.45) is 16.6 Å². The fourth-order valence-corrected chi connectivity index (χ4v) is 2.29. The Morgan fingerprint density at radius 2 is 1.14 bits per heavy atom. The summed E-state index contributed by atoms with van der Waals surface area (Å²) >= 11 is 0. The quantitative estimate of drug-likeness (QED) is 0.755. The van der Waals surface area contributed by atoms with E-state index in [2.05, 4.69) is 0 Å². The van der Waals surface area contributed by atoms with E-state index in [4.69, 9.17) is 10.8 Å². The zero-order valence-corrected chi connectivity index (χ0v) is 17.4. The molecule has 3 N–H and O–H groups in total. The number of nitrogens with two attached hydrogens (primary N) is 1. The van der Waals surface area contributed by atoms with Gasteiger partial charge in [-0.2, -0.15) is 0 Å². The number of hydrogen-bond acceptors (Lipinski definition) is 4. The first-order chi connectivity index (χ1) is 12.7. The van der Waals surface area contributed by atoms with Gasteiger partial charge in [0.25, 0.3) is 0 Å². The molecule has 0 atom stereocenters. The van der Waals surface area contributed by atoms with E-state index < -0.39 is 11.3 Å². The molecular weight excluding hydrogens is 354 g/mol. The second-order valence-corrected chi connectivity index (χ2v) is 8.65. The van der Waals surface area contributed by atoms with Crippen LogP contribution in [0.25, 0.3) is 0 Å². The van der Waals surface area contributed by atoms with Crippen molar-refractivity contribution in [1.82, 2.24) is 0 Å². The number of rotatable bonds is 3. The largest absolute Gasteiger partial charge is 0.508 e. The monoisotopic (exact) mass is 383 g/mol. The Kier molecular flexibility index (Phi) is 7.28. The smallest absolute Gasteiger partial charge is 0.248 e. The van der Waals surface area contributed by atoms with Gasteiger partial charge in [-0.1, -0.05) is 53.7 Å². The van der Waals surface area contributed by atoms with Crippen LogP contribution in [-0.2, 0) is 0 Å². The van der Waals surface area contributed by atoms with Gasteiger partial charge in [-0.3, -0.25) is 14.4 Å². The van der Waals surface area contributed by atoms with Crippen molar-refractivity contribution in [3.8, 4) is 5.75 Å². The first-order valence-electron chi connectivity index (χ1n) is 9.02. The summed E-state index contributed by atoms with van der Waals surface area (Å²) in [5, 5.41) is 9.03. The number of benzene rings is 2. The maximum absolute atomic E-state index is 11.9. The summed E-state index contributed by atoms with van der Waals surface area (Å²) in [6.45, 7) is 11.2. The molecule has 2 aromatic rings. The normalized spacial score (nSPS) is 11.2. The van der Waals surface area contributed by atoms with Crippen molar-refractivity contribution >= 4 is 17.5 Å². The van der Waals surface area contributed by atoms with Crippen molar-refractivity contribution in [2.75, 3.05) is 0 Å². The second-order valence-electron chi connectivity index (χ2n) is 8.65. The van der Waals surface area contributed by atoms with Gasteiger partial charge in [-0.15, -0.1) is 0 Å². The van der Waals surface area contributed by atoms with Crippen LogP contribution in [0.1, 0.15) is 72.6 Å². The van der Waals surface area contributed by atoms with Gasteiger partial charge in [0, 0.05) is 27.5 Å². The first-order valence-corrected chi connectivity index (χ1v) is 9.02. The van der Waals surface area contributed by atoms with Crippen LogP contribution in [0.3, 0.4) is 0 Å². The topological polar surface area (TPSA) is 97.5 Å².